The van der Waals surface area contributed by atoms with E-state index < -0.39 is 17.9 Å². The first-order valence-corrected chi connectivity index (χ1v) is 10.9. The Balaban J connectivity index is 1.90. The average molecular weight is 456 g/mol. The summed E-state index contributed by atoms with van der Waals surface area (Å²) in [5, 5.41) is 23.0. The fraction of sp³-hybridized carbons (Fsp3) is 0.304. The monoisotopic (exact) mass is 455 g/mol. The number of benzene rings is 2. The molecule has 0 spiro atoms. The summed E-state index contributed by atoms with van der Waals surface area (Å²) in [7, 11) is 0. The van der Waals surface area contributed by atoms with Crippen LogP contribution in [0.15, 0.2) is 48.5 Å². The maximum absolute atomic E-state index is 13.1. The number of aryl methyl sites for hydroxylation is 1. The average Bonchev–Trinajstić information content (AvgIpc) is 3.19. The van der Waals surface area contributed by atoms with Crippen molar-refractivity contribution < 1.29 is 14.7 Å². The number of rotatable bonds is 10. The number of amides is 1. The summed E-state index contributed by atoms with van der Waals surface area (Å²) in [5.74, 6) is -0.565. The van der Waals surface area contributed by atoms with Crippen LogP contribution in [0.1, 0.15) is 52.3 Å². The van der Waals surface area contributed by atoms with Gasteiger partial charge in [-0.15, -0.1) is 11.6 Å². The molecule has 168 valence electrons. The van der Waals surface area contributed by atoms with Gasteiger partial charge in [0.15, 0.2) is 0 Å². The van der Waals surface area contributed by atoms with Crippen LogP contribution in [0.5, 0.6) is 0 Å². The van der Waals surface area contributed by atoms with Gasteiger partial charge in [0.25, 0.3) is 5.91 Å². The van der Waals surface area contributed by atoms with Gasteiger partial charge >= 0.3 is 5.97 Å². The smallest absolute Gasteiger partial charge is 0.336 e. The van der Waals surface area contributed by atoms with Crippen LogP contribution in [-0.4, -0.2) is 44.8 Å². The number of halogens is 1. The standard InChI is InChI=1S/C23H26ClN5O3/c1-2-29-19-12-6-5-10-17(19)27-21(29)18(11-7-13-26-20(25)14-24)28-22(30)15-8-3-4-9-16(15)23(31)32/h3-6,8-10,12,18H,2,7,11,13-14H2,1H3,(H2,25,26)(H,28,30)(H,31,32). The molecule has 1 unspecified atom stereocenters. The van der Waals surface area contributed by atoms with Crippen LogP contribution in [0, 0.1) is 5.41 Å². The van der Waals surface area contributed by atoms with Crippen LogP contribution in [0.25, 0.3) is 11.0 Å². The normalized spacial score (nSPS) is 11.8. The number of carboxylic acids is 1. The van der Waals surface area contributed by atoms with Gasteiger partial charge in [0.2, 0.25) is 0 Å². The number of imidazole rings is 1. The van der Waals surface area contributed by atoms with Crippen LogP contribution in [0.3, 0.4) is 0 Å². The van der Waals surface area contributed by atoms with E-state index in [9.17, 15) is 14.7 Å². The van der Waals surface area contributed by atoms with Gasteiger partial charge in [-0.25, -0.2) is 9.78 Å². The molecule has 3 rings (SSSR count). The molecule has 0 saturated heterocycles. The van der Waals surface area contributed by atoms with E-state index in [-0.39, 0.29) is 22.8 Å². The van der Waals surface area contributed by atoms with Crippen molar-refractivity contribution in [3.8, 4) is 0 Å². The van der Waals surface area contributed by atoms with Crippen molar-refractivity contribution in [2.24, 2.45) is 0 Å². The lowest BCUT2D eigenvalue weighted by molar-refractivity contribution is 0.0690. The lowest BCUT2D eigenvalue weighted by atomic mass is 10.1. The predicted octanol–water partition coefficient (Wildman–Crippen LogP) is 3.81. The molecule has 1 heterocycles. The molecular weight excluding hydrogens is 430 g/mol. The maximum atomic E-state index is 13.1. The summed E-state index contributed by atoms with van der Waals surface area (Å²) in [6.45, 7) is 3.21. The maximum Gasteiger partial charge on any atom is 0.336 e. The third kappa shape index (κ3) is 5.26. The molecule has 8 nitrogen and oxygen atoms in total. The number of carboxylic acid groups (broad SMARTS) is 1. The number of fused-ring (bicyclic) bond motifs is 1. The zero-order valence-electron chi connectivity index (χ0n) is 17.8. The summed E-state index contributed by atoms with van der Waals surface area (Å²) in [5.41, 5.74) is 1.85. The zero-order chi connectivity index (χ0) is 23.1. The van der Waals surface area contributed by atoms with E-state index in [2.05, 4.69) is 15.2 Å². The number of alkyl halides is 1. The highest BCUT2D eigenvalue weighted by Crippen LogP contribution is 2.24. The number of hydrogen-bond acceptors (Lipinski definition) is 4. The molecule has 0 bridgehead atoms. The number of carbonyl (C=O) groups excluding carboxylic acids is 1. The van der Waals surface area contributed by atoms with Crippen LogP contribution < -0.4 is 10.6 Å². The Morgan fingerprint density at radius 3 is 2.53 bits per heavy atom. The van der Waals surface area contributed by atoms with Gasteiger partial charge < -0.3 is 20.3 Å². The number of aromatic carboxylic acids is 1. The van der Waals surface area contributed by atoms with Crippen molar-refractivity contribution in [3.05, 3.63) is 65.5 Å². The van der Waals surface area contributed by atoms with Crippen LogP contribution in [0.2, 0.25) is 0 Å². The summed E-state index contributed by atoms with van der Waals surface area (Å²) in [6.07, 6.45) is 1.20. The van der Waals surface area contributed by atoms with E-state index in [1.54, 1.807) is 12.1 Å². The minimum atomic E-state index is -1.16. The Morgan fingerprint density at radius 2 is 1.84 bits per heavy atom. The van der Waals surface area contributed by atoms with E-state index in [1.165, 1.54) is 12.1 Å². The molecule has 0 radical (unpaired) electrons. The minimum Gasteiger partial charge on any atom is -0.478 e. The minimum absolute atomic E-state index is 0.0510. The van der Waals surface area contributed by atoms with Gasteiger partial charge in [-0.3, -0.25) is 10.2 Å². The third-order valence-electron chi connectivity index (χ3n) is 5.16. The van der Waals surface area contributed by atoms with E-state index in [0.29, 0.717) is 31.8 Å². The van der Waals surface area contributed by atoms with Gasteiger partial charge in [0.1, 0.15) is 11.7 Å². The number of nitrogens with zero attached hydrogens (tertiary/aromatic N) is 2. The van der Waals surface area contributed by atoms with Crippen molar-refractivity contribution in [1.82, 2.24) is 20.2 Å². The van der Waals surface area contributed by atoms with Gasteiger partial charge in [-0.1, -0.05) is 24.3 Å². The van der Waals surface area contributed by atoms with Crippen LogP contribution in [0.4, 0.5) is 0 Å². The Morgan fingerprint density at radius 1 is 1.16 bits per heavy atom. The lowest BCUT2D eigenvalue weighted by Crippen LogP contribution is -2.32. The third-order valence-corrected chi connectivity index (χ3v) is 5.43. The second-order valence-corrected chi connectivity index (χ2v) is 7.53. The van der Waals surface area contributed by atoms with E-state index in [0.717, 1.165) is 11.0 Å². The molecule has 4 N–H and O–H groups in total. The molecule has 1 atom stereocenters. The van der Waals surface area contributed by atoms with Crippen molar-refractivity contribution in [2.75, 3.05) is 12.4 Å². The number of para-hydroxylation sites is 2. The Bertz CT molecular complexity index is 1130. The lowest BCUT2D eigenvalue weighted by Gasteiger charge is -2.20. The van der Waals surface area contributed by atoms with Crippen molar-refractivity contribution in [2.45, 2.75) is 32.4 Å². The largest absolute Gasteiger partial charge is 0.478 e. The number of hydrogen-bond donors (Lipinski definition) is 4. The molecule has 32 heavy (non-hydrogen) atoms. The highest BCUT2D eigenvalue weighted by atomic mass is 35.5. The SMILES string of the molecule is CCn1c(C(CCCNC(=N)CCl)NC(=O)c2ccccc2C(=O)O)nc2ccccc21. The second kappa shape index (κ2) is 10.8. The fourth-order valence-corrected chi connectivity index (χ4v) is 3.75. The molecule has 0 aliphatic carbocycles. The fourth-order valence-electron chi connectivity index (χ4n) is 3.65. The van der Waals surface area contributed by atoms with Crippen molar-refractivity contribution >= 4 is 40.3 Å². The van der Waals surface area contributed by atoms with Gasteiger partial charge in [-0.05, 0) is 44.0 Å². The Hall–Kier alpha value is -3.39. The second-order valence-electron chi connectivity index (χ2n) is 7.26. The molecule has 2 aromatic carbocycles. The van der Waals surface area contributed by atoms with Gasteiger partial charge in [-0.2, -0.15) is 0 Å². The first kappa shape index (κ1) is 23.3. The summed E-state index contributed by atoms with van der Waals surface area (Å²) < 4.78 is 2.05. The number of amidine groups is 1. The van der Waals surface area contributed by atoms with Gasteiger partial charge in [0, 0.05) is 13.1 Å². The molecule has 0 saturated carbocycles. The summed E-state index contributed by atoms with van der Waals surface area (Å²) in [6, 6.07) is 13.5. The van der Waals surface area contributed by atoms with Crippen molar-refractivity contribution in [3.63, 3.8) is 0 Å². The highest BCUT2D eigenvalue weighted by molar-refractivity contribution is 6.27. The predicted molar refractivity (Wildman–Crippen MR) is 125 cm³/mol. The molecule has 0 fully saturated rings. The molecule has 9 heteroatoms. The van der Waals surface area contributed by atoms with E-state index in [4.69, 9.17) is 22.0 Å². The Kier molecular flexibility index (Phi) is 7.83. The number of aromatic nitrogens is 2. The van der Waals surface area contributed by atoms with Crippen LogP contribution >= 0.6 is 11.6 Å². The van der Waals surface area contributed by atoms with Gasteiger partial charge in [0.05, 0.1) is 34.1 Å². The highest BCUT2D eigenvalue weighted by Gasteiger charge is 2.24. The molecule has 0 aliphatic heterocycles. The zero-order valence-corrected chi connectivity index (χ0v) is 18.5. The summed E-state index contributed by atoms with van der Waals surface area (Å²) >= 11 is 5.65. The van der Waals surface area contributed by atoms with E-state index in [1.807, 2.05) is 31.2 Å². The van der Waals surface area contributed by atoms with E-state index >= 15 is 0 Å². The number of nitrogens with one attached hydrogen (secondary N) is 3. The first-order valence-electron chi connectivity index (χ1n) is 10.4. The topological polar surface area (TPSA) is 120 Å². The molecule has 0 aliphatic rings. The molecule has 3 aromatic rings. The first-order chi connectivity index (χ1) is 15.5. The molecule has 1 aromatic heterocycles. The Labute approximate surface area is 191 Å². The quantitative estimate of drug-likeness (QED) is 0.160. The van der Waals surface area contributed by atoms with Crippen molar-refractivity contribution in [1.29, 1.82) is 5.41 Å². The molecule has 1 amide bonds. The summed E-state index contributed by atoms with van der Waals surface area (Å²) in [4.78, 5) is 29.4. The molecular formula is C23H26ClN5O3. The van der Waals surface area contributed by atoms with Crippen LogP contribution in [-0.2, 0) is 6.54 Å². The number of carbonyl (C=O) groups is 2.